The van der Waals surface area contributed by atoms with Gasteiger partial charge in [-0.25, -0.2) is 0 Å². The molecule has 0 aliphatic heterocycles. The maximum Gasteiger partial charge on any atom is 0.151 e. The lowest BCUT2D eigenvalue weighted by Crippen LogP contribution is -1.96. The van der Waals surface area contributed by atoms with E-state index in [1.165, 1.54) is 0 Å². The Morgan fingerprint density at radius 1 is 1.16 bits per heavy atom. The maximum absolute atomic E-state index is 10.6. The second-order valence-electron chi connectivity index (χ2n) is 3.94. The van der Waals surface area contributed by atoms with Gasteiger partial charge in [0.2, 0.25) is 0 Å². The summed E-state index contributed by atoms with van der Waals surface area (Å²) in [6.07, 6.45) is 0.716. The summed E-state index contributed by atoms with van der Waals surface area (Å²) in [5, 5.41) is 0.387. The minimum atomic E-state index is 0.387. The Balaban J connectivity index is 2.05. The SMILES string of the molecule is COc1cccc(COc2ccc(C=O)c(Cl)c2)c1. The zero-order chi connectivity index (χ0) is 13.7. The van der Waals surface area contributed by atoms with Crippen LogP contribution in [0.25, 0.3) is 0 Å². The quantitative estimate of drug-likeness (QED) is 0.781. The number of ether oxygens (including phenoxy) is 2. The van der Waals surface area contributed by atoms with Crippen molar-refractivity contribution in [2.45, 2.75) is 6.61 Å². The normalized spacial score (nSPS) is 10.0. The summed E-state index contributed by atoms with van der Waals surface area (Å²) in [5.41, 5.74) is 1.45. The molecule has 0 unspecified atom stereocenters. The van der Waals surface area contributed by atoms with Crippen LogP contribution in [0.5, 0.6) is 11.5 Å². The number of hydrogen-bond acceptors (Lipinski definition) is 3. The number of carbonyl (C=O) groups is 1. The van der Waals surface area contributed by atoms with E-state index in [9.17, 15) is 4.79 Å². The van der Waals surface area contributed by atoms with Crippen molar-refractivity contribution < 1.29 is 14.3 Å². The molecule has 2 aromatic rings. The molecule has 0 aliphatic rings. The van der Waals surface area contributed by atoms with Gasteiger partial charge in [0.05, 0.1) is 12.1 Å². The summed E-state index contributed by atoms with van der Waals surface area (Å²) in [5.74, 6) is 1.41. The monoisotopic (exact) mass is 276 g/mol. The van der Waals surface area contributed by atoms with Crippen molar-refractivity contribution in [3.8, 4) is 11.5 Å². The van der Waals surface area contributed by atoms with Crippen molar-refractivity contribution in [1.82, 2.24) is 0 Å². The van der Waals surface area contributed by atoms with Crippen LogP contribution in [0, 0.1) is 0 Å². The fourth-order valence-corrected chi connectivity index (χ4v) is 1.84. The largest absolute Gasteiger partial charge is 0.497 e. The molecule has 2 aromatic carbocycles. The van der Waals surface area contributed by atoms with Crippen molar-refractivity contribution in [1.29, 1.82) is 0 Å². The highest BCUT2D eigenvalue weighted by molar-refractivity contribution is 6.33. The fraction of sp³-hybridized carbons (Fsp3) is 0.133. The molecular weight excluding hydrogens is 264 g/mol. The zero-order valence-corrected chi connectivity index (χ0v) is 11.2. The van der Waals surface area contributed by atoms with E-state index in [4.69, 9.17) is 21.1 Å². The molecule has 98 valence electrons. The Bertz CT molecular complexity index is 581. The second-order valence-corrected chi connectivity index (χ2v) is 4.35. The van der Waals surface area contributed by atoms with Gasteiger partial charge in [-0.3, -0.25) is 4.79 Å². The summed E-state index contributed by atoms with van der Waals surface area (Å²) in [7, 11) is 1.62. The van der Waals surface area contributed by atoms with Crippen LogP contribution >= 0.6 is 11.6 Å². The molecule has 19 heavy (non-hydrogen) atoms. The predicted octanol–water partition coefficient (Wildman–Crippen LogP) is 3.74. The first-order valence-corrected chi connectivity index (χ1v) is 6.11. The number of methoxy groups -OCH3 is 1. The lowest BCUT2D eigenvalue weighted by molar-refractivity contribution is 0.112. The first-order chi connectivity index (χ1) is 9.22. The highest BCUT2D eigenvalue weighted by Gasteiger charge is 2.02. The Kier molecular flexibility index (Phi) is 4.42. The van der Waals surface area contributed by atoms with Gasteiger partial charge >= 0.3 is 0 Å². The number of hydrogen-bond donors (Lipinski definition) is 0. The third-order valence-electron chi connectivity index (χ3n) is 2.64. The maximum atomic E-state index is 10.6. The van der Waals surface area contributed by atoms with E-state index < -0.39 is 0 Å². The molecule has 0 aromatic heterocycles. The van der Waals surface area contributed by atoms with Gasteiger partial charge in [-0.1, -0.05) is 23.7 Å². The Morgan fingerprint density at radius 2 is 2.00 bits per heavy atom. The molecule has 0 bridgehead atoms. The summed E-state index contributed by atoms with van der Waals surface area (Å²) in [6, 6.07) is 12.6. The summed E-state index contributed by atoms with van der Waals surface area (Å²) in [6.45, 7) is 0.411. The molecule has 0 fully saturated rings. The molecule has 2 rings (SSSR count). The van der Waals surface area contributed by atoms with Crippen molar-refractivity contribution in [2.24, 2.45) is 0 Å². The lowest BCUT2D eigenvalue weighted by Gasteiger charge is -2.08. The summed E-state index contributed by atoms with van der Waals surface area (Å²) < 4.78 is 10.8. The Labute approximate surface area is 116 Å². The first-order valence-electron chi connectivity index (χ1n) is 5.73. The van der Waals surface area contributed by atoms with Crippen LogP contribution in [-0.4, -0.2) is 13.4 Å². The average molecular weight is 277 g/mol. The van der Waals surface area contributed by atoms with Gasteiger partial charge in [-0.15, -0.1) is 0 Å². The third kappa shape index (κ3) is 3.48. The van der Waals surface area contributed by atoms with Crippen LogP contribution in [0.1, 0.15) is 15.9 Å². The van der Waals surface area contributed by atoms with Gasteiger partial charge in [0.25, 0.3) is 0 Å². The van der Waals surface area contributed by atoms with Crippen molar-refractivity contribution in [3.63, 3.8) is 0 Å². The topological polar surface area (TPSA) is 35.5 Å². The van der Waals surface area contributed by atoms with Gasteiger partial charge in [-0.2, -0.15) is 0 Å². The molecule has 4 heteroatoms. The minimum absolute atomic E-state index is 0.387. The van der Waals surface area contributed by atoms with Crippen LogP contribution < -0.4 is 9.47 Å². The molecule has 0 saturated carbocycles. The third-order valence-corrected chi connectivity index (χ3v) is 2.97. The smallest absolute Gasteiger partial charge is 0.151 e. The standard InChI is InChI=1S/C15H13ClO3/c1-18-13-4-2-3-11(7-13)10-19-14-6-5-12(9-17)15(16)8-14/h2-9H,10H2,1H3. The van der Waals surface area contributed by atoms with Gasteiger partial charge in [0, 0.05) is 5.56 Å². The predicted molar refractivity (Wildman–Crippen MR) is 74.2 cm³/mol. The van der Waals surface area contributed by atoms with E-state index in [1.807, 2.05) is 24.3 Å². The van der Waals surface area contributed by atoms with Crippen LogP contribution in [0.3, 0.4) is 0 Å². The van der Waals surface area contributed by atoms with E-state index in [2.05, 4.69) is 0 Å². The molecule has 0 N–H and O–H groups in total. The molecule has 0 saturated heterocycles. The minimum Gasteiger partial charge on any atom is -0.497 e. The van der Waals surface area contributed by atoms with Crippen LogP contribution in [0.4, 0.5) is 0 Å². The van der Waals surface area contributed by atoms with E-state index >= 15 is 0 Å². The molecule has 0 radical (unpaired) electrons. The number of aldehydes is 1. The van der Waals surface area contributed by atoms with E-state index in [0.717, 1.165) is 11.3 Å². The van der Waals surface area contributed by atoms with Crippen molar-refractivity contribution in [3.05, 3.63) is 58.6 Å². The summed E-state index contributed by atoms with van der Waals surface area (Å²) >= 11 is 5.93. The molecule has 0 aliphatic carbocycles. The van der Waals surface area contributed by atoms with Gasteiger partial charge in [0.15, 0.2) is 6.29 Å². The molecule has 0 heterocycles. The van der Waals surface area contributed by atoms with E-state index in [-0.39, 0.29) is 0 Å². The Morgan fingerprint density at radius 3 is 2.68 bits per heavy atom. The molecule has 3 nitrogen and oxygen atoms in total. The lowest BCUT2D eigenvalue weighted by atomic mass is 10.2. The Hall–Kier alpha value is -2.00. The fourth-order valence-electron chi connectivity index (χ4n) is 1.62. The van der Waals surface area contributed by atoms with Crippen molar-refractivity contribution >= 4 is 17.9 Å². The molecule has 0 spiro atoms. The number of rotatable bonds is 5. The van der Waals surface area contributed by atoms with Crippen LogP contribution in [0.15, 0.2) is 42.5 Å². The van der Waals surface area contributed by atoms with E-state index in [1.54, 1.807) is 25.3 Å². The van der Waals surface area contributed by atoms with E-state index in [0.29, 0.717) is 29.2 Å². The zero-order valence-electron chi connectivity index (χ0n) is 10.4. The number of halogens is 1. The number of carbonyl (C=O) groups excluding carboxylic acids is 1. The molecular formula is C15H13ClO3. The van der Waals surface area contributed by atoms with Gasteiger partial charge in [0.1, 0.15) is 18.1 Å². The highest BCUT2D eigenvalue weighted by atomic mass is 35.5. The average Bonchev–Trinajstić information content (AvgIpc) is 2.45. The molecule has 0 amide bonds. The summed E-state index contributed by atoms with van der Waals surface area (Å²) in [4.78, 5) is 10.6. The van der Waals surface area contributed by atoms with Gasteiger partial charge in [-0.05, 0) is 35.9 Å². The first kappa shape index (κ1) is 13.4. The second kappa shape index (κ2) is 6.25. The number of benzene rings is 2. The molecule has 0 atom stereocenters. The van der Waals surface area contributed by atoms with Crippen molar-refractivity contribution in [2.75, 3.05) is 7.11 Å². The highest BCUT2D eigenvalue weighted by Crippen LogP contribution is 2.22. The van der Waals surface area contributed by atoms with Gasteiger partial charge < -0.3 is 9.47 Å². The van der Waals surface area contributed by atoms with Crippen LogP contribution in [0.2, 0.25) is 5.02 Å². The van der Waals surface area contributed by atoms with Crippen LogP contribution in [-0.2, 0) is 6.61 Å².